The Labute approximate surface area is 110 Å². The average Bonchev–Trinajstić information content (AvgIpc) is 2.27. The van der Waals surface area contributed by atoms with Gasteiger partial charge in [0.25, 0.3) is 0 Å². The van der Waals surface area contributed by atoms with Gasteiger partial charge in [-0.15, -0.1) is 0 Å². The molecule has 1 saturated heterocycles. The van der Waals surface area contributed by atoms with E-state index in [9.17, 15) is 4.79 Å². The number of hydrogen-bond donors (Lipinski definition) is 1. The molecular formula is C14H25N3O. The van der Waals surface area contributed by atoms with Gasteiger partial charge in [-0.1, -0.05) is 0 Å². The SMILES string of the molecule is CC(C(=O)NC(C)(C)C)N1CCC(C)(C#N)CC1. The summed E-state index contributed by atoms with van der Waals surface area (Å²) in [6, 6.07) is 2.26. The third kappa shape index (κ3) is 3.99. The molecule has 1 aliphatic heterocycles. The Morgan fingerprint density at radius 2 is 1.89 bits per heavy atom. The number of likely N-dealkylation sites (tertiary alicyclic amines) is 1. The highest BCUT2D eigenvalue weighted by Gasteiger charge is 2.33. The van der Waals surface area contributed by atoms with Crippen LogP contribution in [0.3, 0.4) is 0 Å². The maximum atomic E-state index is 12.1. The zero-order chi connectivity index (χ0) is 14.0. The summed E-state index contributed by atoms with van der Waals surface area (Å²) < 4.78 is 0. The predicted octanol–water partition coefficient (Wildman–Crippen LogP) is 1.92. The molecule has 1 rings (SSSR count). The van der Waals surface area contributed by atoms with Crippen molar-refractivity contribution in [1.82, 2.24) is 10.2 Å². The molecule has 1 N–H and O–H groups in total. The van der Waals surface area contributed by atoms with Crippen molar-refractivity contribution >= 4 is 5.91 Å². The number of carbonyl (C=O) groups excluding carboxylic acids is 1. The van der Waals surface area contributed by atoms with E-state index < -0.39 is 0 Å². The number of hydrogen-bond acceptors (Lipinski definition) is 3. The smallest absolute Gasteiger partial charge is 0.237 e. The second-order valence-electron chi connectivity index (χ2n) is 6.62. The lowest BCUT2D eigenvalue weighted by Gasteiger charge is -2.38. The summed E-state index contributed by atoms with van der Waals surface area (Å²) in [5.41, 5.74) is -0.404. The van der Waals surface area contributed by atoms with Crippen LogP contribution in [0.5, 0.6) is 0 Å². The summed E-state index contributed by atoms with van der Waals surface area (Å²) in [5.74, 6) is 0.0723. The van der Waals surface area contributed by atoms with Gasteiger partial charge in [0.1, 0.15) is 0 Å². The maximum Gasteiger partial charge on any atom is 0.237 e. The molecule has 102 valence electrons. The first kappa shape index (κ1) is 15.0. The third-order valence-corrected chi connectivity index (χ3v) is 3.60. The number of nitrogens with zero attached hydrogens (tertiary/aromatic N) is 2. The molecule has 18 heavy (non-hydrogen) atoms. The Morgan fingerprint density at radius 3 is 2.28 bits per heavy atom. The Hall–Kier alpha value is -1.08. The lowest BCUT2D eigenvalue weighted by molar-refractivity contribution is -0.128. The van der Waals surface area contributed by atoms with Gasteiger partial charge in [0.2, 0.25) is 5.91 Å². The van der Waals surface area contributed by atoms with Crippen molar-refractivity contribution in [3.63, 3.8) is 0 Å². The minimum absolute atomic E-state index is 0.0723. The molecule has 0 saturated carbocycles. The van der Waals surface area contributed by atoms with Crippen LogP contribution in [0, 0.1) is 16.7 Å². The Bertz CT molecular complexity index is 343. The number of carbonyl (C=O) groups is 1. The van der Waals surface area contributed by atoms with E-state index in [0.717, 1.165) is 25.9 Å². The highest BCUT2D eigenvalue weighted by Crippen LogP contribution is 2.30. The quantitative estimate of drug-likeness (QED) is 0.815. The first-order chi connectivity index (χ1) is 8.17. The van der Waals surface area contributed by atoms with Crippen LogP contribution in [0.4, 0.5) is 0 Å². The van der Waals surface area contributed by atoms with Crippen LogP contribution in [0.25, 0.3) is 0 Å². The molecule has 0 aliphatic carbocycles. The first-order valence-corrected chi connectivity index (χ1v) is 6.64. The molecule has 4 nitrogen and oxygen atoms in total. The molecule has 1 amide bonds. The molecular weight excluding hydrogens is 226 g/mol. The van der Waals surface area contributed by atoms with Gasteiger partial charge >= 0.3 is 0 Å². The summed E-state index contributed by atoms with van der Waals surface area (Å²) in [5, 5.41) is 12.1. The fraction of sp³-hybridized carbons (Fsp3) is 0.857. The van der Waals surface area contributed by atoms with Gasteiger partial charge in [-0.3, -0.25) is 9.69 Å². The molecule has 0 aromatic heterocycles. The molecule has 1 unspecified atom stereocenters. The van der Waals surface area contributed by atoms with E-state index in [4.69, 9.17) is 5.26 Å². The molecule has 0 bridgehead atoms. The summed E-state index contributed by atoms with van der Waals surface area (Å²) >= 11 is 0. The zero-order valence-corrected chi connectivity index (χ0v) is 12.2. The van der Waals surface area contributed by atoms with Crippen molar-refractivity contribution in [3.05, 3.63) is 0 Å². The molecule has 0 aromatic carbocycles. The highest BCUT2D eigenvalue weighted by molar-refractivity contribution is 5.81. The van der Waals surface area contributed by atoms with Gasteiger partial charge in [-0.2, -0.15) is 5.26 Å². The molecule has 0 aromatic rings. The van der Waals surface area contributed by atoms with Crippen LogP contribution in [-0.2, 0) is 4.79 Å². The zero-order valence-electron chi connectivity index (χ0n) is 12.2. The van der Waals surface area contributed by atoms with Gasteiger partial charge in [-0.05, 0) is 47.5 Å². The summed E-state index contributed by atoms with van der Waals surface area (Å²) in [6.07, 6.45) is 1.69. The molecule has 4 heteroatoms. The Kier molecular flexibility index (Phi) is 4.39. The first-order valence-electron chi connectivity index (χ1n) is 6.64. The van der Waals surface area contributed by atoms with Crippen LogP contribution in [0.2, 0.25) is 0 Å². The minimum Gasteiger partial charge on any atom is -0.350 e. The molecule has 1 aliphatic rings. The van der Waals surface area contributed by atoms with Gasteiger partial charge in [0.15, 0.2) is 0 Å². The number of nitrogens with one attached hydrogen (secondary N) is 1. The van der Waals surface area contributed by atoms with Crippen molar-refractivity contribution < 1.29 is 4.79 Å². The fourth-order valence-electron chi connectivity index (χ4n) is 2.16. The molecule has 0 radical (unpaired) electrons. The van der Waals surface area contributed by atoms with Crippen molar-refractivity contribution in [2.45, 2.75) is 59.0 Å². The van der Waals surface area contributed by atoms with Crippen LogP contribution in [0.1, 0.15) is 47.5 Å². The Balaban J connectivity index is 2.53. The van der Waals surface area contributed by atoms with Gasteiger partial charge < -0.3 is 5.32 Å². The average molecular weight is 251 g/mol. The molecule has 1 atom stereocenters. The Morgan fingerprint density at radius 1 is 1.39 bits per heavy atom. The maximum absolute atomic E-state index is 12.1. The number of amides is 1. The molecule has 1 heterocycles. The summed E-state index contributed by atoms with van der Waals surface area (Å²) in [7, 11) is 0. The topological polar surface area (TPSA) is 56.1 Å². The number of piperidine rings is 1. The van der Waals surface area contributed by atoms with E-state index in [0.29, 0.717) is 0 Å². The second kappa shape index (κ2) is 5.27. The lowest BCUT2D eigenvalue weighted by Crippen LogP contribution is -2.53. The van der Waals surface area contributed by atoms with Crippen LogP contribution < -0.4 is 5.32 Å². The number of rotatable bonds is 2. The van der Waals surface area contributed by atoms with E-state index >= 15 is 0 Å². The monoisotopic (exact) mass is 251 g/mol. The fourth-order valence-corrected chi connectivity index (χ4v) is 2.16. The summed E-state index contributed by atoms with van der Waals surface area (Å²) in [6.45, 7) is 11.5. The largest absolute Gasteiger partial charge is 0.350 e. The van der Waals surface area contributed by atoms with Crippen molar-refractivity contribution in [3.8, 4) is 6.07 Å². The lowest BCUT2D eigenvalue weighted by atomic mass is 9.81. The van der Waals surface area contributed by atoms with Crippen LogP contribution in [0.15, 0.2) is 0 Å². The summed E-state index contributed by atoms with van der Waals surface area (Å²) in [4.78, 5) is 14.2. The van der Waals surface area contributed by atoms with E-state index in [1.54, 1.807) is 0 Å². The van der Waals surface area contributed by atoms with Crippen molar-refractivity contribution in [2.75, 3.05) is 13.1 Å². The second-order valence-corrected chi connectivity index (χ2v) is 6.62. The van der Waals surface area contributed by atoms with Crippen molar-refractivity contribution in [2.24, 2.45) is 5.41 Å². The van der Waals surface area contributed by atoms with E-state index in [-0.39, 0.29) is 22.9 Å². The third-order valence-electron chi connectivity index (χ3n) is 3.60. The highest BCUT2D eigenvalue weighted by atomic mass is 16.2. The minimum atomic E-state index is -0.212. The normalized spacial score (nSPS) is 22.0. The van der Waals surface area contributed by atoms with E-state index in [2.05, 4.69) is 16.3 Å². The molecule has 1 fully saturated rings. The number of nitriles is 1. The standard InChI is InChI=1S/C14H25N3O/c1-11(12(18)16-13(2,3)4)17-8-6-14(5,10-15)7-9-17/h11H,6-9H2,1-5H3,(H,16,18). The van der Waals surface area contributed by atoms with E-state index in [1.807, 2.05) is 34.6 Å². The van der Waals surface area contributed by atoms with Crippen LogP contribution >= 0.6 is 0 Å². The van der Waals surface area contributed by atoms with Crippen molar-refractivity contribution in [1.29, 1.82) is 5.26 Å². The van der Waals surface area contributed by atoms with Gasteiger partial charge in [-0.25, -0.2) is 0 Å². The van der Waals surface area contributed by atoms with Crippen LogP contribution in [-0.4, -0.2) is 35.5 Å². The predicted molar refractivity (Wildman–Crippen MR) is 71.9 cm³/mol. The molecule has 0 spiro atoms. The van der Waals surface area contributed by atoms with Gasteiger partial charge in [0.05, 0.1) is 17.5 Å². The van der Waals surface area contributed by atoms with Gasteiger partial charge in [0, 0.05) is 18.6 Å². The van der Waals surface area contributed by atoms with E-state index in [1.165, 1.54) is 0 Å².